The van der Waals surface area contributed by atoms with Crippen molar-refractivity contribution in [2.75, 3.05) is 33.8 Å². The van der Waals surface area contributed by atoms with E-state index in [2.05, 4.69) is 15.1 Å². The van der Waals surface area contributed by atoms with E-state index >= 15 is 0 Å². The van der Waals surface area contributed by atoms with Crippen LogP contribution in [0.5, 0.6) is 0 Å². The summed E-state index contributed by atoms with van der Waals surface area (Å²) < 4.78 is 7.25. The molecule has 8 nitrogen and oxygen atoms in total. The van der Waals surface area contributed by atoms with Gasteiger partial charge in [0.2, 0.25) is 5.91 Å². The molecular weight excluding hydrogens is 342 g/mol. The van der Waals surface area contributed by atoms with Crippen LogP contribution in [0.1, 0.15) is 23.2 Å². The zero-order chi connectivity index (χ0) is 17.8. The lowest BCUT2D eigenvalue weighted by atomic mass is 10.2. The number of fused-ring (bicyclic) bond motifs is 1. The molecule has 0 fully saturated rings. The Labute approximate surface area is 150 Å². The summed E-state index contributed by atoms with van der Waals surface area (Å²) in [6, 6.07) is 4.02. The number of hydrogen-bond donors (Lipinski definition) is 1. The van der Waals surface area contributed by atoms with Crippen molar-refractivity contribution in [1.82, 2.24) is 24.6 Å². The zero-order valence-electron chi connectivity index (χ0n) is 14.5. The number of H-pyrrole nitrogens is 1. The van der Waals surface area contributed by atoms with Crippen molar-refractivity contribution in [2.45, 2.75) is 25.6 Å². The zero-order valence-corrected chi connectivity index (χ0v) is 15.3. The minimum atomic E-state index is -0.481. The van der Waals surface area contributed by atoms with E-state index in [0.29, 0.717) is 32.1 Å². The van der Waals surface area contributed by atoms with Gasteiger partial charge in [-0.1, -0.05) is 6.07 Å². The molecule has 1 amide bonds. The molecule has 0 bridgehead atoms. The molecule has 2 aromatic rings. The first kappa shape index (κ1) is 17.8. The molecule has 1 atom stereocenters. The van der Waals surface area contributed by atoms with Crippen molar-refractivity contribution < 1.29 is 9.53 Å². The second-order valence-corrected chi connectivity index (χ2v) is 7.33. The van der Waals surface area contributed by atoms with Crippen LogP contribution in [0, 0.1) is 0 Å². The van der Waals surface area contributed by atoms with Gasteiger partial charge in [0, 0.05) is 18.0 Å². The molecule has 0 spiro atoms. The van der Waals surface area contributed by atoms with Crippen molar-refractivity contribution in [2.24, 2.45) is 0 Å². The quantitative estimate of drug-likeness (QED) is 0.780. The average Bonchev–Trinajstić information content (AvgIpc) is 3.22. The van der Waals surface area contributed by atoms with Gasteiger partial charge in [-0.3, -0.25) is 9.36 Å². The van der Waals surface area contributed by atoms with Crippen LogP contribution in [-0.4, -0.2) is 64.3 Å². The second-order valence-electron chi connectivity index (χ2n) is 6.30. The average molecular weight is 365 g/mol. The van der Waals surface area contributed by atoms with Crippen LogP contribution in [0.4, 0.5) is 0 Å². The molecule has 136 valence electrons. The molecular formula is C16H23N5O3S. The lowest BCUT2D eigenvalue weighted by molar-refractivity contribution is -0.136. The van der Waals surface area contributed by atoms with Gasteiger partial charge in [-0.15, -0.1) is 11.3 Å². The molecule has 0 saturated heterocycles. The standard InChI is InChI=1S/C16H23N5O3S/c1-19(2)5-6-20(11-12-4-3-9-25-12)14(22)10-13-15-17-18-16(23)21(15)7-8-24-13/h3-4,9,13H,5-8,10-11H2,1-2H3,(H,18,23). The van der Waals surface area contributed by atoms with Crippen LogP contribution >= 0.6 is 11.3 Å². The van der Waals surface area contributed by atoms with Crippen LogP contribution in [0.2, 0.25) is 0 Å². The Kier molecular flexibility index (Phi) is 5.67. The first-order valence-electron chi connectivity index (χ1n) is 8.26. The van der Waals surface area contributed by atoms with E-state index in [1.165, 1.54) is 0 Å². The SMILES string of the molecule is CN(C)CCN(Cc1cccs1)C(=O)CC1OCCn2c1n[nH]c2=O. The van der Waals surface area contributed by atoms with Gasteiger partial charge in [-0.25, -0.2) is 9.89 Å². The van der Waals surface area contributed by atoms with Crippen LogP contribution in [0.15, 0.2) is 22.3 Å². The van der Waals surface area contributed by atoms with Crippen molar-refractivity contribution >= 4 is 17.2 Å². The number of carbonyl (C=O) groups excluding carboxylic acids is 1. The van der Waals surface area contributed by atoms with Gasteiger partial charge in [0.15, 0.2) is 5.82 Å². The lowest BCUT2D eigenvalue weighted by Crippen LogP contribution is -2.38. The first-order valence-corrected chi connectivity index (χ1v) is 9.14. The Morgan fingerprint density at radius 1 is 1.48 bits per heavy atom. The second kappa shape index (κ2) is 7.94. The van der Waals surface area contributed by atoms with Gasteiger partial charge in [0.05, 0.1) is 26.1 Å². The summed E-state index contributed by atoms with van der Waals surface area (Å²) in [5.41, 5.74) is -0.251. The third-order valence-corrected chi connectivity index (χ3v) is 5.03. The smallest absolute Gasteiger partial charge is 0.343 e. The highest BCUT2D eigenvalue weighted by atomic mass is 32.1. The highest BCUT2D eigenvalue weighted by molar-refractivity contribution is 7.09. The number of likely N-dealkylation sites (N-methyl/N-ethyl adjacent to an activating group) is 1. The summed E-state index contributed by atoms with van der Waals surface area (Å²) >= 11 is 1.64. The van der Waals surface area contributed by atoms with Crippen LogP contribution in [0.3, 0.4) is 0 Å². The van der Waals surface area contributed by atoms with Crippen LogP contribution < -0.4 is 5.69 Å². The topological polar surface area (TPSA) is 83.5 Å². The number of aromatic amines is 1. The maximum Gasteiger partial charge on any atom is 0.343 e. The Morgan fingerprint density at radius 2 is 2.32 bits per heavy atom. The summed E-state index contributed by atoms with van der Waals surface area (Å²) in [5.74, 6) is 0.512. The fraction of sp³-hybridized carbons (Fsp3) is 0.562. The highest BCUT2D eigenvalue weighted by Crippen LogP contribution is 2.23. The first-order chi connectivity index (χ1) is 12.0. The van der Waals surface area contributed by atoms with Gasteiger partial charge in [0.1, 0.15) is 6.10 Å². The highest BCUT2D eigenvalue weighted by Gasteiger charge is 2.29. The third kappa shape index (κ3) is 4.36. The van der Waals surface area contributed by atoms with Crippen molar-refractivity contribution in [3.05, 3.63) is 38.7 Å². The number of rotatable bonds is 7. The number of ether oxygens (including phenoxy) is 1. The summed E-state index contributed by atoms with van der Waals surface area (Å²) in [6.07, 6.45) is -0.297. The fourth-order valence-corrected chi connectivity index (χ4v) is 3.51. The van der Waals surface area contributed by atoms with E-state index < -0.39 is 6.10 Å². The molecule has 25 heavy (non-hydrogen) atoms. The van der Waals surface area contributed by atoms with Crippen LogP contribution in [-0.2, 0) is 22.6 Å². The molecule has 0 radical (unpaired) electrons. The molecule has 1 unspecified atom stereocenters. The predicted molar refractivity (Wildman–Crippen MR) is 94.4 cm³/mol. The fourth-order valence-electron chi connectivity index (χ4n) is 2.79. The Balaban J connectivity index is 1.70. The van der Waals surface area contributed by atoms with Crippen molar-refractivity contribution in [1.29, 1.82) is 0 Å². The molecule has 0 aromatic carbocycles. The Bertz CT molecular complexity index is 752. The van der Waals surface area contributed by atoms with Crippen LogP contribution in [0.25, 0.3) is 0 Å². The summed E-state index contributed by atoms with van der Waals surface area (Å²) in [5, 5.41) is 8.47. The van der Waals surface area contributed by atoms with Gasteiger partial charge in [-0.05, 0) is 25.5 Å². The van der Waals surface area contributed by atoms with Gasteiger partial charge < -0.3 is 14.5 Å². The molecule has 2 aromatic heterocycles. The molecule has 0 aliphatic carbocycles. The molecule has 3 heterocycles. The van der Waals surface area contributed by atoms with E-state index in [1.54, 1.807) is 15.9 Å². The summed E-state index contributed by atoms with van der Waals surface area (Å²) in [4.78, 5) is 29.6. The molecule has 1 aliphatic heterocycles. The number of amides is 1. The van der Waals surface area contributed by atoms with Crippen molar-refractivity contribution in [3.63, 3.8) is 0 Å². The van der Waals surface area contributed by atoms with E-state index in [4.69, 9.17) is 4.74 Å². The van der Waals surface area contributed by atoms with E-state index in [-0.39, 0.29) is 18.0 Å². The largest absolute Gasteiger partial charge is 0.368 e. The maximum atomic E-state index is 12.9. The monoisotopic (exact) mass is 365 g/mol. The number of nitrogens with zero attached hydrogens (tertiary/aromatic N) is 4. The lowest BCUT2D eigenvalue weighted by Gasteiger charge is -2.27. The summed E-state index contributed by atoms with van der Waals surface area (Å²) in [6.45, 7) is 2.89. The molecule has 1 N–H and O–H groups in total. The number of hydrogen-bond acceptors (Lipinski definition) is 6. The Morgan fingerprint density at radius 3 is 3.04 bits per heavy atom. The molecule has 3 rings (SSSR count). The molecule has 0 saturated carbocycles. The number of thiophene rings is 1. The van der Waals surface area contributed by atoms with Gasteiger partial charge in [0.25, 0.3) is 0 Å². The van der Waals surface area contributed by atoms with E-state index in [1.807, 2.05) is 36.5 Å². The maximum absolute atomic E-state index is 12.9. The molecule has 1 aliphatic rings. The van der Waals surface area contributed by atoms with Crippen molar-refractivity contribution in [3.8, 4) is 0 Å². The van der Waals surface area contributed by atoms with E-state index in [0.717, 1.165) is 11.4 Å². The number of aromatic nitrogens is 3. The molecule has 9 heteroatoms. The number of carbonyl (C=O) groups is 1. The van der Waals surface area contributed by atoms with Gasteiger partial charge >= 0.3 is 5.69 Å². The number of nitrogens with one attached hydrogen (secondary N) is 1. The van der Waals surface area contributed by atoms with E-state index in [9.17, 15) is 9.59 Å². The normalized spacial score (nSPS) is 16.8. The van der Waals surface area contributed by atoms with Gasteiger partial charge in [-0.2, -0.15) is 5.10 Å². The summed E-state index contributed by atoms with van der Waals surface area (Å²) in [7, 11) is 3.97. The third-order valence-electron chi connectivity index (χ3n) is 4.17. The predicted octanol–water partition coefficient (Wildman–Crippen LogP) is 0.685. The minimum Gasteiger partial charge on any atom is -0.368 e. The minimum absolute atomic E-state index is 0.00384. The Hall–Kier alpha value is -1.97.